The average molecular weight is 376 g/mol. The van der Waals surface area contributed by atoms with Crippen molar-refractivity contribution in [2.75, 3.05) is 13.6 Å². The number of benzene rings is 1. The third-order valence-electron chi connectivity index (χ3n) is 3.97. The monoisotopic (exact) mass is 376 g/mol. The summed E-state index contributed by atoms with van der Waals surface area (Å²) in [7, 11) is 1.69. The van der Waals surface area contributed by atoms with E-state index < -0.39 is 0 Å². The van der Waals surface area contributed by atoms with Crippen molar-refractivity contribution in [1.29, 1.82) is 0 Å². The Balaban J connectivity index is 1.84. The molecule has 2 N–H and O–H groups in total. The Morgan fingerprint density at radius 3 is 2.70 bits per heavy atom. The van der Waals surface area contributed by atoms with Crippen molar-refractivity contribution < 1.29 is 13.5 Å². The molecule has 1 aromatic heterocycles. The molecule has 0 aliphatic rings. The van der Waals surface area contributed by atoms with E-state index in [4.69, 9.17) is 9.15 Å². The van der Waals surface area contributed by atoms with Crippen molar-refractivity contribution in [3.63, 3.8) is 0 Å². The van der Waals surface area contributed by atoms with E-state index in [9.17, 15) is 4.39 Å². The standard InChI is InChI=1S/C20H29FN4O2/c1-6-15(26-16-9-7-8-14(21)10-16)11-24-19(22-5)25-13-18-23-12-17(27-18)20(2,3)4/h7-10,12,15H,6,11,13H2,1-5H3,(H2,22,24,25). The van der Waals surface area contributed by atoms with Crippen molar-refractivity contribution in [2.24, 2.45) is 4.99 Å². The molecule has 7 heteroatoms. The van der Waals surface area contributed by atoms with Gasteiger partial charge in [0.15, 0.2) is 5.96 Å². The molecule has 0 radical (unpaired) electrons. The van der Waals surface area contributed by atoms with Gasteiger partial charge in [0, 0.05) is 18.5 Å². The zero-order chi connectivity index (χ0) is 19.9. The third kappa shape index (κ3) is 6.58. The summed E-state index contributed by atoms with van der Waals surface area (Å²) in [6.07, 6.45) is 2.42. The van der Waals surface area contributed by atoms with Gasteiger partial charge in [0.05, 0.1) is 19.3 Å². The minimum Gasteiger partial charge on any atom is -0.489 e. The molecule has 0 amide bonds. The van der Waals surface area contributed by atoms with Gasteiger partial charge in [-0.15, -0.1) is 0 Å². The second kappa shape index (κ2) is 9.39. The Morgan fingerprint density at radius 2 is 2.11 bits per heavy atom. The molecule has 1 aromatic carbocycles. The first-order valence-corrected chi connectivity index (χ1v) is 9.13. The normalized spacial score (nSPS) is 13.3. The topological polar surface area (TPSA) is 71.7 Å². The molecule has 0 bridgehead atoms. The lowest BCUT2D eigenvalue weighted by Gasteiger charge is -2.19. The molecule has 148 valence electrons. The summed E-state index contributed by atoms with van der Waals surface area (Å²) in [5.41, 5.74) is -0.0756. The second-order valence-electron chi connectivity index (χ2n) is 7.28. The predicted molar refractivity (Wildman–Crippen MR) is 105 cm³/mol. The van der Waals surface area contributed by atoms with Gasteiger partial charge in [0.2, 0.25) is 5.89 Å². The molecule has 1 atom stereocenters. The minimum absolute atomic E-state index is 0.0756. The van der Waals surface area contributed by atoms with Gasteiger partial charge < -0.3 is 19.8 Å². The van der Waals surface area contributed by atoms with Crippen LogP contribution in [0, 0.1) is 5.82 Å². The predicted octanol–water partition coefficient (Wildman–Crippen LogP) is 3.63. The first-order valence-electron chi connectivity index (χ1n) is 9.13. The second-order valence-corrected chi connectivity index (χ2v) is 7.28. The van der Waals surface area contributed by atoms with Crippen LogP contribution in [-0.2, 0) is 12.0 Å². The Kier molecular flexibility index (Phi) is 7.21. The lowest BCUT2D eigenvalue weighted by Crippen LogP contribution is -2.42. The highest BCUT2D eigenvalue weighted by Crippen LogP contribution is 2.22. The van der Waals surface area contributed by atoms with Crippen LogP contribution in [0.3, 0.4) is 0 Å². The number of ether oxygens (including phenoxy) is 1. The summed E-state index contributed by atoms with van der Waals surface area (Å²) in [6.45, 7) is 9.21. The maximum absolute atomic E-state index is 13.3. The number of guanidine groups is 1. The summed E-state index contributed by atoms with van der Waals surface area (Å²) in [6, 6.07) is 6.15. The van der Waals surface area contributed by atoms with Gasteiger partial charge in [-0.05, 0) is 18.6 Å². The van der Waals surface area contributed by atoms with E-state index in [-0.39, 0.29) is 17.3 Å². The van der Waals surface area contributed by atoms with E-state index in [2.05, 4.69) is 41.4 Å². The Bertz CT molecular complexity index is 752. The van der Waals surface area contributed by atoms with Crippen molar-refractivity contribution >= 4 is 5.96 Å². The summed E-state index contributed by atoms with van der Waals surface area (Å²) in [5.74, 6) is 2.27. The van der Waals surface area contributed by atoms with Crippen molar-refractivity contribution in [3.8, 4) is 5.75 Å². The van der Waals surface area contributed by atoms with E-state index in [1.165, 1.54) is 12.1 Å². The van der Waals surface area contributed by atoms with Crippen LogP contribution in [-0.4, -0.2) is 30.6 Å². The highest BCUT2D eigenvalue weighted by Gasteiger charge is 2.19. The quantitative estimate of drug-likeness (QED) is 0.570. The van der Waals surface area contributed by atoms with Crippen molar-refractivity contribution in [1.82, 2.24) is 15.6 Å². The summed E-state index contributed by atoms with van der Waals surface area (Å²) < 4.78 is 24.9. The van der Waals surface area contributed by atoms with Gasteiger partial charge in [0.25, 0.3) is 0 Å². The van der Waals surface area contributed by atoms with Crippen LogP contribution in [0.1, 0.15) is 45.8 Å². The van der Waals surface area contributed by atoms with Crippen molar-refractivity contribution in [3.05, 3.63) is 47.9 Å². The van der Waals surface area contributed by atoms with Gasteiger partial charge in [-0.2, -0.15) is 0 Å². The fourth-order valence-corrected chi connectivity index (χ4v) is 2.33. The third-order valence-corrected chi connectivity index (χ3v) is 3.97. The molecule has 0 aliphatic heterocycles. The number of nitrogens with one attached hydrogen (secondary N) is 2. The number of hydrogen-bond donors (Lipinski definition) is 2. The molecular weight excluding hydrogens is 347 g/mol. The fourth-order valence-electron chi connectivity index (χ4n) is 2.33. The lowest BCUT2D eigenvalue weighted by molar-refractivity contribution is 0.198. The maximum Gasteiger partial charge on any atom is 0.213 e. The first kappa shape index (κ1) is 20.7. The average Bonchev–Trinajstić information content (AvgIpc) is 3.10. The molecular formula is C20H29FN4O2. The molecule has 27 heavy (non-hydrogen) atoms. The van der Waals surface area contributed by atoms with Gasteiger partial charge in [0.1, 0.15) is 23.4 Å². The van der Waals surface area contributed by atoms with Crippen LogP contribution < -0.4 is 15.4 Å². The molecule has 0 fully saturated rings. The molecule has 0 saturated heterocycles. The SMILES string of the molecule is CCC(CNC(=NC)NCc1ncc(C(C)(C)C)o1)Oc1cccc(F)c1. The summed E-state index contributed by atoms with van der Waals surface area (Å²) in [4.78, 5) is 8.49. The van der Waals surface area contributed by atoms with Crippen LogP contribution >= 0.6 is 0 Å². The van der Waals surface area contributed by atoms with Crippen LogP contribution in [0.5, 0.6) is 5.75 Å². The number of aliphatic imine (C=N–C) groups is 1. The zero-order valence-electron chi connectivity index (χ0n) is 16.7. The molecule has 0 aliphatic carbocycles. The Hall–Kier alpha value is -2.57. The van der Waals surface area contributed by atoms with Crippen LogP contribution in [0.15, 0.2) is 39.9 Å². The van der Waals surface area contributed by atoms with Crippen molar-refractivity contribution in [2.45, 2.75) is 52.2 Å². The number of rotatable bonds is 7. The zero-order valence-corrected chi connectivity index (χ0v) is 16.7. The largest absolute Gasteiger partial charge is 0.489 e. The maximum atomic E-state index is 13.3. The van der Waals surface area contributed by atoms with Gasteiger partial charge in [-0.3, -0.25) is 4.99 Å². The highest BCUT2D eigenvalue weighted by atomic mass is 19.1. The van der Waals surface area contributed by atoms with E-state index in [1.807, 2.05) is 6.92 Å². The highest BCUT2D eigenvalue weighted by molar-refractivity contribution is 5.79. The summed E-state index contributed by atoms with van der Waals surface area (Å²) in [5, 5.41) is 6.38. The van der Waals surface area contributed by atoms with Gasteiger partial charge in [-0.1, -0.05) is 33.8 Å². The minimum atomic E-state index is -0.312. The molecule has 2 rings (SSSR count). The molecule has 1 heterocycles. The molecule has 6 nitrogen and oxygen atoms in total. The number of hydrogen-bond acceptors (Lipinski definition) is 4. The van der Waals surface area contributed by atoms with Gasteiger partial charge >= 0.3 is 0 Å². The smallest absolute Gasteiger partial charge is 0.213 e. The number of nitrogens with zero attached hydrogens (tertiary/aromatic N) is 2. The van der Waals surface area contributed by atoms with E-state index >= 15 is 0 Å². The van der Waals surface area contributed by atoms with Crippen LogP contribution in [0.2, 0.25) is 0 Å². The van der Waals surface area contributed by atoms with Crippen LogP contribution in [0.25, 0.3) is 0 Å². The molecule has 0 saturated carbocycles. The molecule has 1 unspecified atom stereocenters. The van der Waals surface area contributed by atoms with E-state index in [0.717, 1.165) is 12.2 Å². The molecule has 2 aromatic rings. The summed E-state index contributed by atoms with van der Waals surface area (Å²) >= 11 is 0. The van der Waals surface area contributed by atoms with Crippen LogP contribution in [0.4, 0.5) is 4.39 Å². The lowest BCUT2D eigenvalue weighted by atomic mass is 9.94. The Morgan fingerprint density at radius 1 is 1.33 bits per heavy atom. The fraction of sp³-hybridized carbons (Fsp3) is 0.500. The van der Waals surface area contributed by atoms with E-state index in [1.54, 1.807) is 25.4 Å². The molecule has 0 spiro atoms. The first-order chi connectivity index (χ1) is 12.8. The number of halogens is 1. The number of oxazole rings is 1. The number of aromatic nitrogens is 1. The van der Waals surface area contributed by atoms with Gasteiger partial charge in [-0.25, -0.2) is 9.37 Å². The van der Waals surface area contributed by atoms with E-state index in [0.29, 0.717) is 30.7 Å². The Labute approximate surface area is 160 Å².